The summed E-state index contributed by atoms with van der Waals surface area (Å²) >= 11 is 7.84. The summed E-state index contributed by atoms with van der Waals surface area (Å²) in [5.41, 5.74) is 0.999. The Balaban J connectivity index is 1.45. The van der Waals surface area contributed by atoms with Gasteiger partial charge < -0.3 is 5.32 Å². The Morgan fingerprint density at radius 1 is 1.19 bits per heavy atom. The maximum Gasteiger partial charge on any atom is 0.240 e. The lowest BCUT2D eigenvalue weighted by Crippen LogP contribution is -2.42. The number of rotatable bonds is 3. The number of halogens is 1. The molecular formula is C19H19ClN2O3S. The number of thioether (sulfide) groups is 1. The monoisotopic (exact) mass is 390 g/mol. The van der Waals surface area contributed by atoms with Gasteiger partial charge in [-0.05, 0) is 43.0 Å². The van der Waals surface area contributed by atoms with Crippen LogP contribution in [0.4, 0.5) is 0 Å². The van der Waals surface area contributed by atoms with Crippen molar-refractivity contribution in [3.8, 4) is 0 Å². The Morgan fingerprint density at radius 3 is 2.58 bits per heavy atom. The SMILES string of the molecule is O=C(CN1C(=O)C2CC=CCC2C1=O)NC1CCSc2ccc(Cl)cc21. The lowest BCUT2D eigenvalue weighted by Gasteiger charge is -2.27. The molecule has 4 rings (SSSR count). The van der Waals surface area contributed by atoms with Gasteiger partial charge in [-0.25, -0.2) is 0 Å². The molecule has 1 saturated heterocycles. The zero-order chi connectivity index (χ0) is 18.3. The first-order chi connectivity index (χ1) is 12.5. The van der Waals surface area contributed by atoms with Crippen molar-refractivity contribution in [3.63, 3.8) is 0 Å². The molecule has 1 N–H and O–H groups in total. The van der Waals surface area contributed by atoms with E-state index in [0.717, 1.165) is 27.5 Å². The molecule has 26 heavy (non-hydrogen) atoms. The van der Waals surface area contributed by atoms with Gasteiger partial charge in [0, 0.05) is 15.7 Å². The van der Waals surface area contributed by atoms with E-state index in [0.29, 0.717) is 17.9 Å². The third kappa shape index (κ3) is 3.16. The number of amides is 3. The molecule has 1 aliphatic carbocycles. The van der Waals surface area contributed by atoms with E-state index in [1.807, 2.05) is 30.4 Å². The highest BCUT2D eigenvalue weighted by atomic mass is 35.5. The molecule has 3 unspecified atom stereocenters. The number of carbonyl (C=O) groups is 3. The van der Waals surface area contributed by atoms with Crippen LogP contribution in [0.1, 0.15) is 30.9 Å². The Hall–Kier alpha value is -1.79. The summed E-state index contributed by atoms with van der Waals surface area (Å²) in [5.74, 6) is -0.445. The quantitative estimate of drug-likeness (QED) is 0.636. The second-order valence-electron chi connectivity index (χ2n) is 6.86. The van der Waals surface area contributed by atoms with E-state index < -0.39 is 0 Å². The van der Waals surface area contributed by atoms with Crippen molar-refractivity contribution in [2.45, 2.75) is 30.2 Å². The topological polar surface area (TPSA) is 66.5 Å². The van der Waals surface area contributed by atoms with Crippen LogP contribution in [-0.2, 0) is 14.4 Å². The minimum atomic E-state index is -0.305. The first-order valence-corrected chi connectivity index (χ1v) is 10.1. The minimum Gasteiger partial charge on any atom is -0.348 e. The van der Waals surface area contributed by atoms with Crippen LogP contribution < -0.4 is 5.32 Å². The van der Waals surface area contributed by atoms with Crippen LogP contribution in [0.15, 0.2) is 35.2 Å². The molecule has 0 spiro atoms. The van der Waals surface area contributed by atoms with E-state index in [1.165, 1.54) is 0 Å². The maximum absolute atomic E-state index is 12.5. The van der Waals surface area contributed by atoms with Crippen LogP contribution in [0.2, 0.25) is 5.02 Å². The standard InChI is InChI=1S/C19H19ClN2O3S/c20-11-5-6-16-14(9-11)15(7-8-26-16)21-17(23)10-22-18(24)12-3-1-2-4-13(12)19(22)25/h1-2,5-6,9,12-13,15H,3-4,7-8,10H2,(H,21,23). The van der Waals surface area contributed by atoms with Gasteiger partial charge in [-0.3, -0.25) is 19.3 Å². The molecule has 1 fully saturated rings. The number of allylic oxidation sites excluding steroid dienone is 2. The summed E-state index contributed by atoms with van der Waals surface area (Å²) in [5, 5.41) is 3.61. The molecular weight excluding hydrogens is 372 g/mol. The van der Waals surface area contributed by atoms with Crippen molar-refractivity contribution in [2.24, 2.45) is 11.8 Å². The molecule has 0 bridgehead atoms. The van der Waals surface area contributed by atoms with Crippen LogP contribution in [0.25, 0.3) is 0 Å². The Labute approximate surface area is 161 Å². The molecule has 0 radical (unpaired) electrons. The third-order valence-corrected chi connectivity index (χ3v) is 6.60. The van der Waals surface area contributed by atoms with Crippen molar-refractivity contribution in [2.75, 3.05) is 12.3 Å². The van der Waals surface area contributed by atoms with E-state index in [2.05, 4.69) is 5.32 Å². The third-order valence-electron chi connectivity index (χ3n) is 5.25. The summed E-state index contributed by atoms with van der Waals surface area (Å²) in [6, 6.07) is 5.54. The van der Waals surface area contributed by atoms with Gasteiger partial charge in [0.2, 0.25) is 17.7 Å². The van der Waals surface area contributed by atoms with Gasteiger partial charge in [0.25, 0.3) is 0 Å². The highest BCUT2D eigenvalue weighted by Gasteiger charge is 2.47. The van der Waals surface area contributed by atoms with E-state index in [9.17, 15) is 14.4 Å². The van der Waals surface area contributed by atoms with E-state index in [1.54, 1.807) is 11.8 Å². The number of nitrogens with one attached hydrogen (secondary N) is 1. The Morgan fingerprint density at radius 2 is 1.88 bits per heavy atom. The molecule has 3 amide bonds. The summed E-state index contributed by atoms with van der Waals surface area (Å²) in [4.78, 5) is 39.8. The number of nitrogens with zero attached hydrogens (tertiary/aromatic N) is 1. The second kappa shape index (κ2) is 7.08. The van der Waals surface area contributed by atoms with Crippen LogP contribution in [-0.4, -0.2) is 34.9 Å². The highest BCUT2D eigenvalue weighted by molar-refractivity contribution is 7.99. The number of fused-ring (bicyclic) bond motifs is 2. The average molecular weight is 391 g/mol. The van der Waals surface area contributed by atoms with Gasteiger partial charge in [0.1, 0.15) is 6.54 Å². The van der Waals surface area contributed by atoms with Crippen molar-refractivity contribution in [1.82, 2.24) is 10.2 Å². The zero-order valence-corrected chi connectivity index (χ0v) is 15.7. The molecule has 1 aromatic carbocycles. The number of hydrogen-bond donors (Lipinski definition) is 1. The number of benzene rings is 1. The fourth-order valence-electron chi connectivity index (χ4n) is 3.92. The smallest absolute Gasteiger partial charge is 0.240 e. The van der Waals surface area contributed by atoms with Crippen molar-refractivity contribution >= 4 is 41.1 Å². The number of imide groups is 1. The van der Waals surface area contributed by atoms with Crippen LogP contribution in [0.3, 0.4) is 0 Å². The van der Waals surface area contributed by atoms with Gasteiger partial charge in [-0.15, -0.1) is 11.8 Å². The molecule has 1 aromatic rings. The average Bonchev–Trinajstić information content (AvgIpc) is 2.87. The molecule has 2 heterocycles. The van der Waals surface area contributed by atoms with Gasteiger partial charge in [-0.2, -0.15) is 0 Å². The minimum absolute atomic E-state index is 0.144. The molecule has 0 aromatic heterocycles. The number of likely N-dealkylation sites (tertiary alicyclic amines) is 1. The van der Waals surface area contributed by atoms with Crippen molar-refractivity contribution < 1.29 is 14.4 Å². The Bertz CT molecular complexity index is 784. The maximum atomic E-state index is 12.5. The van der Waals surface area contributed by atoms with E-state index in [-0.39, 0.29) is 42.1 Å². The first kappa shape index (κ1) is 17.6. The van der Waals surface area contributed by atoms with Gasteiger partial charge >= 0.3 is 0 Å². The molecule has 3 atom stereocenters. The lowest BCUT2D eigenvalue weighted by atomic mass is 9.85. The summed E-state index contributed by atoms with van der Waals surface area (Å²) in [6.45, 7) is -0.204. The fraction of sp³-hybridized carbons (Fsp3) is 0.421. The summed E-state index contributed by atoms with van der Waals surface area (Å²) in [6.07, 6.45) is 5.84. The van der Waals surface area contributed by atoms with Crippen molar-refractivity contribution in [3.05, 3.63) is 40.9 Å². The molecule has 3 aliphatic rings. The molecule has 136 valence electrons. The van der Waals surface area contributed by atoms with Gasteiger partial charge in [0.15, 0.2) is 0 Å². The number of carbonyl (C=O) groups excluding carboxylic acids is 3. The largest absolute Gasteiger partial charge is 0.348 e. The predicted molar refractivity (Wildman–Crippen MR) is 99.8 cm³/mol. The van der Waals surface area contributed by atoms with Gasteiger partial charge in [-0.1, -0.05) is 23.8 Å². The van der Waals surface area contributed by atoms with Crippen LogP contribution in [0, 0.1) is 11.8 Å². The normalized spacial score (nSPS) is 27.3. The molecule has 2 aliphatic heterocycles. The zero-order valence-electron chi connectivity index (χ0n) is 14.1. The van der Waals surface area contributed by atoms with Gasteiger partial charge in [0.05, 0.1) is 17.9 Å². The molecule has 0 saturated carbocycles. The Kier molecular flexibility index (Phi) is 4.80. The fourth-order valence-corrected chi connectivity index (χ4v) is 5.21. The van der Waals surface area contributed by atoms with E-state index in [4.69, 9.17) is 11.6 Å². The first-order valence-electron chi connectivity index (χ1n) is 8.76. The molecule has 7 heteroatoms. The molecule has 5 nitrogen and oxygen atoms in total. The predicted octanol–water partition coefficient (Wildman–Crippen LogP) is 2.94. The highest BCUT2D eigenvalue weighted by Crippen LogP contribution is 2.38. The summed E-state index contributed by atoms with van der Waals surface area (Å²) in [7, 11) is 0. The van der Waals surface area contributed by atoms with Crippen LogP contribution >= 0.6 is 23.4 Å². The van der Waals surface area contributed by atoms with E-state index >= 15 is 0 Å². The summed E-state index contributed by atoms with van der Waals surface area (Å²) < 4.78 is 0. The van der Waals surface area contributed by atoms with Crippen molar-refractivity contribution in [1.29, 1.82) is 0 Å². The lowest BCUT2D eigenvalue weighted by molar-refractivity contribution is -0.143. The second-order valence-corrected chi connectivity index (χ2v) is 8.43. The number of hydrogen-bond acceptors (Lipinski definition) is 4. The van der Waals surface area contributed by atoms with Crippen LogP contribution in [0.5, 0.6) is 0 Å².